The zero-order valence-electron chi connectivity index (χ0n) is 18.6. The molecule has 0 spiro atoms. The number of likely N-dealkylation sites (tertiary alicyclic amines) is 1. The lowest BCUT2D eigenvalue weighted by Crippen LogP contribution is -2.44. The summed E-state index contributed by atoms with van der Waals surface area (Å²) in [4.78, 5) is 17.9. The fraction of sp³-hybridized carbons (Fsp3) is 0.640. The number of benzene rings is 1. The molecule has 0 amide bonds. The average molecular weight is 398 g/mol. The highest BCUT2D eigenvalue weighted by atomic mass is 16.1. The van der Waals surface area contributed by atoms with Crippen LogP contribution in [-0.2, 0) is 6.42 Å². The van der Waals surface area contributed by atoms with E-state index in [9.17, 15) is 4.79 Å². The van der Waals surface area contributed by atoms with E-state index in [1.54, 1.807) is 0 Å². The van der Waals surface area contributed by atoms with Crippen molar-refractivity contribution >= 4 is 10.9 Å². The molecule has 4 nitrogen and oxygen atoms in total. The monoisotopic (exact) mass is 397 g/mol. The molecule has 3 rings (SSSR count). The van der Waals surface area contributed by atoms with Gasteiger partial charge in [-0.05, 0) is 67.8 Å². The summed E-state index contributed by atoms with van der Waals surface area (Å²) in [5, 5.41) is 4.91. The standard InChI is InChI=1S/C25H39N3O/c1-4-7-9-24(28-15-12-22(13-16-28)26-14-8-5-2)20-10-11-23-21(18-20)17-19(6-3)25(29)27-23/h10-11,17-18,22,24,26H,4-9,12-16H2,1-3H3,(H,27,29). The molecule has 0 radical (unpaired) electrons. The molecule has 1 aromatic heterocycles. The molecule has 2 heterocycles. The van der Waals surface area contributed by atoms with Crippen LogP contribution in [0.4, 0.5) is 0 Å². The highest BCUT2D eigenvalue weighted by molar-refractivity contribution is 5.79. The Bertz CT molecular complexity index is 820. The van der Waals surface area contributed by atoms with Crippen LogP contribution < -0.4 is 10.9 Å². The molecule has 0 bridgehead atoms. The Morgan fingerprint density at radius 2 is 1.86 bits per heavy atom. The fourth-order valence-corrected chi connectivity index (χ4v) is 4.60. The number of hydrogen-bond donors (Lipinski definition) is 2. The van der Waals surface area contributed by atoms with Gasteiger partial charge in [-0.1, -0.05) is 46.1 Å². The van der Waals surface area contributed by atoms with E-state index in [1.807, 2.05) is 6.92 Å². The second-order valence-corrected chi connectivity index (χ2v) is 8.60. The lowest BCUT2D eigenvalue weighted by molar-refractivity contribution is 0.135. The number of aromatic nitrogens is 1. The molecule has 160 valence electrons. The molecule has 1 fully saturated rings. The Morgan fingerprint density at radius 1 is 1.10 bits per heavy atom. The van der Waals surface area contributed by atoms with Crippen LogP contribution in [0.15, 0.2) is 29.1 Å². The van der Waals surface area contributed by atoms with Gasteiger partial charge in [0.15, 0.2) is 0 Å². The Kier molecular flexibility index (Phi) is 8.31. The van der Waals surface area contributed by atoms with Crippen LogP contribution in [0.3, 0.4) is 0 Å². The highest BCUT2D eigenvalue weighted by Gasteiger charge is 2.25. The summed E-state index contributed by atoms with van der Waals surface area (Å²) in [6.45, 7) is 10.1. The summed E-state index contributed by atoms with van der Waals surface area (Å²) in [6.07, 6.45) is 9.49. The van der Waals surface area contributed by atoms with Gasteiger partial charge in [0, 0.05) is 36.3 Å². The molecular weight excluding hydrogens is 358 g/mol. The van der Waals surface area contributed by atoms with Gasteiger partial charge in [0.25, 0.3) is 5.56 Å². The minimum Gasteiger partial charge on any atom is -0.322 e. The topological polar surface area (TPSA) is 48.1 Å². The summed E-state index contributed by atoms with van der Waals surface area (Å²) in [5.41, 5.74) is 3.27. The number of rotatable bonds is 10. The third-order valence-corrected chi connectivity index (χ3v) is 6.48. The number of aryl methyl sites for hydroxylation is 1. The molecule has 0 saturated carbocycles. The van der Waals surface area contributed by atoms with E-state index >= 15 is 0 Å². The second-order valence-electron chi connectivity index (χ2n) is 8.60. The lowest BCUT2D eigenvalue weighted by atomic mass is 9.94. The normalized spacial score (nSPS) is 17.1. The van der Waals surface area contributed by atoms with E-state index in [0.717, 1.165) is 29.4 Å². The average Bonchev–Trinajstić information content (AvgIpc) is 2.74. The van der Waals surface area contributed by atoms with Gasteiger partial charge >= 0.3 is 0 Å². The zero-order valence-corrected chi connectivity index (χ0v) is 18.6. The molecule has 1 aliphatic rings. The first kappa shape index (κ1) is 22.0. The van der Waals surface area contributed by atoms with E-state index < -0.39 is 0 Å². The molecule has 1 aliphatic heterocycles. The van der Waals surface area contributed by atoms with Crippen molar-refractivity contribution in [2.75, 3.05) is 19.6 Å². The Morgan fingerprint density at radius 3 is 2.55 bits per heavy atom. The van der Waals surface area contributed by atoms with Gasteiger partial charge in [-0.2, -0.15) is 0 Å². The van der Waals surface area contributed by atoms with E-state index in [2.05, 4.69) is 53.3 Å². The molecule has 0 aliphatic carbocycles. The third-order valence-electron chi connectivity index (χ3n) is 6.48. The van der Waals surface area contributed by atoms with E-state index in [1.165, 1.54) is 63.6 Å². The van der Waals surface area contributed by atoms with Crippen molar-refractivity contribution in [1.82, 2.24) is 15.2 Å². The zero-order chi connectivity index (χ0) is 20.6. The van der Waals surface area contributed by atoms with Gasteiger partial charge in [-0.25, -0.2) is 0 Å². The number of piperidine rings is 1. The van der Waals surface area contributed by atoms with Gasteiger partial charge in [0.2, 0.25) is 0 Å². The van der Waals surface area contributed by atoms with Crippen LogP contribution in [0.5, 0.6) is 0 Å². The number of hydrogen-bond acceptors (Lipinski definition) is 3. The van der Waals surface area contributed by atoms with Crippen molar-refractivity contribution in [3.8, 4) is 0 Å². The maximum Gasteiger partial charge on any atom is 0.251 e. The second kappa shape index (κ2) is 10.9. The molecule has 4 heteroatoms. The lowest BCUT2D eigenvalue weighted by Gasteiger charge is -2.38. The van der Waals surface area contributed by atoms with Gasteiger partial charge in [-0.15, -0.1) is 0 Å². The van der Waals surface area contributed by atoms with Crippen molar-refractivity contribution in [1.29, 1.82) is 0 Å². The third kappa shape index (κ3) is 5.70. The van der Waals surface area contributed by atoms with Gasteiger partial charge in [-0.3, -0.25) is 9.69 Å². The molecular formula is C25H39N3O. The number of aromatic amines is 1. The maximum atomic E-state index is 12.1. The van der Waals surface area contributed by atoms with E-state index in [-0.39, 0.29) is 5.56 Å². The molecule has 1 saturated heterocycles. The smallest absolute Gasteiger partial charge is 0.251 e. The number of H-pyrrole nitrogens is 1. The van der Waals surface area contributed by atoms with Crippen molar-refractivity contribution in [2.24, 2.45) is 0 Å². The number of nitrogens with one attached hydrogen (secondary N) is 2. The molecule has 2 N–H and O–H groups in total. The van der Waals surface area contributed by atoms with E-state index in [0.29, 0.717) is 12.1 Å². The van der Waals surface area contributed by atoms with Crippen LogP contribution in [0.2, 0.25) is 0 Å². The van der Waals surface area contributed by atoms with Crippen LogP contribution >= 0.6 is 0 Å². The first-order valence-electron chi connectivity index (χ1n) is 11.8. The minimum absolute atomic E-state index is 0.0490. The molecule has 2 aromatic rings. The van der Waals surface area contributed by atoms with Crippen molar-refractivity contribution in [2.45, 2.75) is 84.2 Å². The quantitative estimate of drug-likeness (QED) is 0.543. The van der Waals surface area contributed by atoms with Gasteiger partial charge < -0.3 is 10.3 Å². The Labute approximate surface area is 176 Å². The van der Waals surface area contributed by atoms with Crippen LogP contribution in [0, 0.1) is 0 Å². The first-order chi connectivity index (χ1) is 14.2. The van der Waals surface area contributed by atoms with Gasteiger partial charge in [0.1, 0.15) is 0 Å². The van der Waals surface area contributed by atoms with Crippen LogP contribution in [-0.4, -0.2) is 35.6 Å². The number of fused-ring (bicyclic) bond motifs is 1. The summed E-state index contributed by atoms with van der Waals surface area (Å²) in [7, 11) is 0. The summed E-state index contributed by atoms with van der Waals surface area (Å²) in [5.74, 6) is 0. The predicted octanol–water partition coefficient (Wildman–Crippen LogP) is 5.18. The van der Waals surface area contributed by atoms with Crippen molar-refractivity contribution in [3.05, 3.63) is 45.7 Å². The highest BCUT2D eigenvalue weighted by Crippen LogP contribution is 2.31. The molecule has 29 heavy (non-hydrogen) atoms. The molecule has 1 aromatic carbocycles. The predicted molar refractivity (Wildman–Crippen MR) is 124 cm³/mol. The SMILES string of the molecule is CCCCNC1CCN(C(CCCC)c2ccc3[nH]c(=O)c(CC)cc3c2)CC1. The summed E-state index contributed by atoms with van der Waals surface area (Å²) >= 11 is 0. The number of nitrogens with zero attached hydrogens (tertiary/aromatic N) is 1. The van der Waals surface area contributed by atoms with E-state index in [4.69, 9.17) is 0 Å². The summed E-state index contributed by atoms with van der Waals surface area (Å²) in [6, 6.07) is 9.89. The largest absolute Gasteiger partial charge is 0.322 e. The molecule has 1 atom stereocenters. The van der Waals surface area contributed by atoms with Crippen molar-refractivity contribution in [3.63, 3.8) is 0 Å². The number of unbranched alkanes of at least 4 members (excludes halogenated alkanes) is 2. The minimum atomic E-state index is 0.0490. The summed E-state index contributed by atoms with van der Waals surface area (Å²) < 4.78 is 0. The van der Waals surface area contributed by atoms with Crippen LogP contribution in [0.1, 0.15) is 82.9 Å². The number of pyridine rings is 1. The Balaban J connectivity index is 1.76. The first-order valence-corrected chi connectivity index (χ1v) is 11.8. The van der Waals surface area contributed by atoms with Gasteiger partial charge in [0.05, 0.1) is 0 Å². The van der Waals surface area contributed by atoms with Crippen LogP contribution in [0.25, 0.3) is 10.9 Å². The fourth-order valence-electron chi connectivity index (χ4n) is 4.60. The Hall–Kier alpha value is -1.65. The molecule has 1 unspecified atom stereocenters. The van der Waals surface area contributed by atoms with Crippen molar-refractivity contribution < 1.29 is 0 Å². The maximum absolute atomic E-state index is 12.1.